The fourth-order valence-electron chi connectivity index (χ4n) is 1.90. The van der Waals surface area contributed by atoms with Crippen molar-refractivity contribution in [2.75, 3.05) is 0 Å². The first-order valence-corrected chi connectivity index (χ1v) is 5.44. The van der Waals surface area contributed by atoms with E-state index < -0.39 is 11.9 Å². The second kappa shape index (κ2) is 4.52. The van der Waals surface area contributed by atoms with E-state index in [1.807, 2.05) is 0 Å². The van der Waals surface area contributed by atoms with Crippen molar-refractivity contribution in [3.63, 3.8) is 0 Å². The van der Waals surface area contributed by atoms with Crippen molar-refractivity contribution < 1.29 is 9.90 Å². The molecule has 0 saturated carbocycles. The third kappa shape index (κ3) is 2.06. The molecule has 94 valence electrons. The van der Waals surface area contributed by atoms with Crippen LogP contribution in [0.25, 0.3) is 11.5 Å². The van der Waals surface area contributed by atoms with Gasteiger partial charge in [0.25, 0.3) is 0 Å². The number of aromatic amines is 1. The monoisotopic (exact) mass is 247 g/mol. The van der Waals surface area contributed by atoms with Gasteiger partial charge in [0.1, 0.15) is 5.69 Å². The number of carboxylic acids is 1. The SMILES string of the molecule is Cc1nc(-c2cn[nH]n2)nc(C)c1C(C)C(=O)O. The van der Waals surface area contributed by atoms with Crippen LogP contribution in [0, 0.1) is 13.8 Å². The molecule has 1 atom stereocenters. The molecule has 1 unspecified atom stereocenters. The molecule has 2 heterocycles. The van der Waals surface area contributed by atoms with Crippen molar-refractivity contribution in [1.29, 1.82) is 0 Å². The number of nitrogens with zero attached hydrogens (tertiary/aromatic N) is 4. The Morgan fingerprint density at radius 1 is 1.33 bits per heavy atom. The summed E-state index contributed by atoms with van der Waals surface area (Å²) in [5.74, 6) is -1.07. The molecule has 2 aromatic rings. The van der Waals surface area contributed by atoms with E-state index in [2.05, 4.69) is 25.4 Å². The molecule has 7 nitrogen and oxygen atoms in total. The Kier molecular flexibility index (Phi) is 3.05. The Morgan fingerprint density at radius 3 is 2.39 bits per heavy atom. The summed E-state index contributed by atoms with van der Waals surface area (Å²) in [6.07, 6.45) is 1.52. The van der Waals surface area contributed by atoms with Crippen LogP contribution in [0.4, 0.5) is 0 Å². The van der Waals surface area contributed by atoms with Crippen molar-refractivity contribution in [3.8, 4) is 11.5 Å². The van der Waals surface area contributed by atoms with Crippen LogP contribution >= 0.6 is 0 Å². The average molecular weight is 247 g/mol. The molecule has 0 aliphatic heterocycles. The molecular weight excluding hydrogens is 234 g/mol. The van der Waals surface area contributed by atoms with Gasteiger partial charge < -0.3 is 5.11 Å². The van der Waals surface area contributed by atoms with Crippen molar-refractivity contribution in [3.05, 3.63) is 23.1 Å². The van der Waals surface area contributed by atoms with E-state index >= 15 is 0 Å². The molecule has 0 amide bonds. The standard InChI is InChI=1S/C11H13N5O2/c1-5(11(17)18)9-6(2)13-10(14-7(9)3)8-4-12-16-15-8/h4-5H,1-3H3,(H,17,18)(H,12,15,16). The van der Waals surface area contributed by atoms with Gasteiger partial charge in [-0.3, -0.25) is 4.79 Å². The molecule has 2 aromatic heterocycles. The van der Waals surface area contributed by atoms with Crippen molar-refractivity contribution in [2.24, 2.45) is 0 Å². The molecule has 0 bridgehead atoms. The Hall–Kier alpha value is -2.31. The van der Waals surface area contributed by atoms with E-state index in [0.717, 1.165) is 0 Å². The minimum absolute atomic E-state index is 0.445. The third-order valence-corrected chi connectivity index (χ3v) is 2.77. The van der Waals surface area contributed by atoms with Crippen molar-refractivity contribution in [2.45, 2.75) is 26.7 Å². The number of aryl methyl sites for hydroxylation is 2. The summed E-state index contributed by atoms with van der Waals surface area (Å²) in [5.41, 5.74) is 2.48. The number of rotatable bonds is 3. The lowest BCUT2D eigenvalue weighted by molar-refractivity contribution is -0.138. The van der Waals surface area contributed by atoms with E-state index in [0.29, 0.717) is 28.5 Å². The van der Waals surface area contributed by atoms with E-state index in [9.17, 15) is 4.79 Å². The zero-order valence-corrected chi connectivity index (χ0v) is 10.3. The number of aliphatic carboxylic acids is 1. The van der Waals surface area contributed by atoms with Gasteiger partial charge in [0.05, 0.1) is 12.1 Å². The summed E-state index contributed by atoms with van der Waals surface area (Å²) >= 11 is 0. The lowest BCUT2D eigenvalue weighted by Crippen LogP contribution is -2.13. The van der Waals surface area contributed by atoms with Gasteiger partial charge in [-0.1, -0.05) is 0 Å². The second-order valence-electron chi connectivity index (χ2n) is 4.05. The highest BCUT2D eigenvalue weighted by Gasteiger charge is 2.21. The van der Waals surface area contributed by atoms with Gasteiger partial charge in [-0.05, 0) is 20.8 Å². The van der Waals surface area contributed by atoms with Crippen LogP contribution in [0.3, 0.4) is 0 Å². The molecule has 0 aromatic carbocycles. The molecule has 0 radical (unpaired) electrons. The van der Waals surface area contributed by atoms with Crippen molar-refractivity contribution in [1.82, 2.24) is 25.4 Å². The fourth-order valence-corrected chi connectivity index (χ4v) is 1.90. The van der Waals surface area contributed by atoms with Crippen LogP contribution in [0.15, 0.2) is 6.20 Å². The first-order valence-electron chi connectivity index (χ1n) is 5.44. The van der Waals surface area contributed by atoms with E-state index in [1.165, 1.54) is 6.20 Å². The van der Waals surface area contributed by atoms with Crippen LogP contribution in [-0.2, 0) is 4.79 Å². The second-order valence-corrected chi connectivity index (χ2v) is 4.05. The fraction of sp³-hybridized carbons (Fsp3) is 0.364. The Bertz CT molecular complexity index is 556. The quantitative estimate of drug-likeness (QED) is 0.840. The number of hydrogen-bond acceptors (Lipinski definition) is 5. The Balaban J connectivity index is 2.51. The van der Waals surface area contributed by atoms with Crippen LogP contribution < -0.4 is 0 Å². The first kappa shape index (κ1) is 12.2. The highest BCUT2D eigenvalue weighted by Crippen LogP contribution is 2.23. The van der Waals surface area contributed by atoms with Gasteiger partial charge >= 0.3 is 5.97 Å². The van der Waals surface area contributed by atoms with E-state index in [1.54, 1.807) is 20.8 Å². The first-order chi connectivity index (χ1) is 8.50. The average Bonchev–Trinajstić information content (AvgIpc) is 2.80. The highest BCUT2D eigenvalue weighted by atomic mass is 16.4. The Labute approximate surface area is 103 Å². The van der Waals surface area contributed by atoms with Crippen LogP contribution in [0.1, 0.15) is 29.8 Å². The normalized spacial score (nSPS) is 12.4. The van der Waals surface area contributed by atoms with Crippen LogP contribution in [-0.4, -0.2) is 36.5 Å². The lowest BCUT2D eigenvalue weighted by atomic mass is 9.98. The molecular formula is C11H13N5O2. The predicted octanol–water partition coefficient (Wildman–Crippen LogP) is 1.07. The summed E-state index contributed by atoms with van der Waals surface area (Å²) in [5, 5.41) is 19.1. The number of aromatic nitrogens is 5. The largest absolute Gasteiger partial charge is 0.481 e. The van der Waals surface area contributed by atoms with E-state index in [4.69, 9.17) is 5.11 Å². The third-order valence-electron chi connectivity index (χ3n) is 2.77. The number of H-pyrrole nitrogens is 1. The van der Waals surface area contributed by atoms with Crippen LogP contribution in [0.2, 0.25) is 0 Å². The van der Waals surface area contributed by atoms with Gasteiger partial charge in [-0.15, -0.1) is 0 Å². The zero-order chi connectivity index (χ0) is 13.3. The summed E-state index contributed by atoms with van der Waals surface area (Å²) < 4.78 is 0. The number of carboxylic acid groups (broad SMARTS) is 1. The maximum Gasteiger partial charge on any atom is 0.310 e. The molecule has 2 N–H and O–H groups in total. The summed E-state index contributed by atoms with van der Waals surface area (Å²) in [4.78, 5) is 19.6. The summed E-state index contributed by atoms with van der Waals surface area (Å²) in [6, 6.07) is 0. The Morgan fingerprint density at radius 2 is 1.94 bits per heavy atom. The topological polar surface area (TPSA) is 105 Å². The lowest BCUT2D eigenvalue weighted by Gasteiger charge is -2.13. The highest BCUT2D eigenvalue weighted by molar-refractivity contribution is 5.76. The minimum atomic E-state index is -0.890. The molecule has 0 saturated heterocycles. The minimum Gasteiger partial charge on any atom is -0.481 e. The van der Waals surface area contributed by atoms with Crippen LogP contribution in [0.5, 0.6) is 0 Å². The maximum atomic E-state index is 11.0. The number of hydrogen-bond donors (Lipinski definition) is 2. The van der Waals surface area contributed by atoms with Gasteiger partial charge in [0.15, 0.2) is 5.82 Å². The number of carbonyl (C=O) groups is 1. The molecule has 0 aliphatic carbocycles. The van der Waals surface area contributed by atoms with Crippen molar-refractivity contribution >= 4 is 5.97 Å². The zero-order valence-electron chi connectivity index (χ0n) is 10.3. The predicted molar refractivity (Wildman–Crippen MR) is 62.9 cm³/mol. The summed E-state index contributed by atoms with van der Waals surface area (Å²) in [6.45, 7) is 5.16. The van der Waals surface area contributed by atoms with Gasteiger partial charge in [0, 0.05) is 17.0 Å². The molecule has 0 fully saturated rings. The molecule has 2 rings (SSSR count). The molecule has 0 aliphatic rings. The van der Waals surface area contributed by atoms with Gasteiger partial charge in [-0.25, -0.2) is 9.97 Å². The molecule has 0 spiro atoms. The summed E-state index contributed by atoms with van der Waals surface area (Å²) in [7, 11) is 0. The maximum absolute atomic E-state index is 11.0. The molecule has 18 heavy (non-hydrogen) atoms. The molecule has 7 heteroatoms. The smallest absolute Gasteiger partial charge is 0.310 e. The van der Waals surface area contributed by atoms with Gasteiger partial charge in [-0.2, -0.15) is 15.4 Å². The van der Waals surface area contributed by atoms with E-state index in [-0.39, 0.29) is 0 Å². The van der Waals surface area contributed by atoms with Gasteiger partial charge in [0.2, 0.25) is 0 Å². The number of nitrogens with one attached hydrogen (secondary N) is 1.